The van der Waals surface area contributed by atoms with Crippen molar-refractivity contribution in [3.8, 4) is 0 Å². The van der Waals surface area contributed by atoms with Crippen molar-refractivity contribution in [1.29, 1.82) is 0 Å². The zero-order valence-electron chi connectivity index (χ0n) is 15.8. The van der Waals surface area contributed by atoms with Gasteiger partial charge in [-0.2, -0.15) is 0 Å². The summed E-state index contributed by atoms with van der Waals surface area (Å²) in [6, 6.07) is 8.65. The summed E-state index contributed by atoms with van der Waals surface area (Å²) < 4.78 is 5.58. The van der Waals surface area contributed by atoms with E-state index in [1.807, 2.05) is 18.2 Å². The van der Waals surface area contributed by atoms with E-state index < -0.39 is 12.1 Å². The molecule has 1 heterocycles. The highest BCUT2D eigenvalue weighted by molar-refractivity contribution is 5.96. The third kappa shape index (κ3) is 4.12. The van der Waals surface area contributed by atoms with Crippen LogP contribution in [0.2, 0.25) is 0 Å². The van der Waals surface area contributed by atoms with Gasteiger partial charge in [0, 0.05) is 17.8 Å². The van der Waals surface area contributed by atoms with Gasteiger partial charge in [0.15, 0.2) is 5.76 Å². The minimum Gasteiger partial charge on any atom is -0.451 e. The molecule has 2 amide bonds. The predicted octanol–water partition coefficient (Wildman–Crippen LogP) is 2.92. The van der Waals surface area contributed by atoms with E-state index in [9.17, 15) is 14.7 Å². The molecule has 4 rings (SSSR count). The molecular formula is C22H26N2O4. The first kappa shape index (κ1) is 18.7. The number of rotatable bonds is 5. The second kappa shape index (κ2) is 8.19. The number of para-hydroxylation sites is 1. The summed E-state index contributed by atoms with van der Waals surface area (Å²) in [4.78, 5) is 25.0. The molecule has 1 aromatic heterocycles. The van der Waals surface area contributed by atoms with Gasteiger partial charge in [0.05, 0.1) is 12.1 Å². The number of hydrogen-bond donors (Lipinski definition) is 3. The van der Waals surface area contributed by atoms with Crippen LogP contribution < -0.4 is 10.6 Å². The summed E-state index contributed by atoms with van der Waals surface area (Å²) in [5.74, 6) is -0.495. The fourth-order valence-corrected chi connectivity index (χ4v) is 4.13. The Kier molecular flexibility index (Phi) is 5.48. The average molecular weight is 382 g/mol. The zero-order valence-corrected chi connectivity index (χ0v) is 15.8. The van der Waals surface area contributed by atoms with E-state index in [0.29, 0.717) is 25.0 Å². The Morgan fingerprint density at radius 3 is 2.82 bits per heavy atom. The Labute approximate surface area is 164 Å². The molecule has 148 valence electrons. The molecule has 2 aromatic rings. The van der Waals surface area contributed by atoms with Crippen LogP contribution in [0.4, 0.5) is 0 Å². The number of allylic oxidation sites excluding steroid dienone is 1. The van der Waals surface area contributed by atoms with Crippen LogP contribution in [0.15, 0.2) is 46.4 Å². The number of aliphatic hydroxyl groups is 1. The Balaban J connectivity index is 1.32. The predicted molar refractivity (Wildman–Crippen MR) is 106 cm³/mol. The van der Waals surface area contributed by atoms with Crippen LogP contribution in [-0.2, 0) is 4.79 Å². The molecule has 1 saturated carbocycles. The SMILES string of the molecule is O=C(N[C@@H]1C[C@H](C(=O)NCC2=CCCCC2)C[C@H]1O)c1cc2ccccc2o1. The second-order valence-corrected chi connectivity index (χ2v) is 7.79. The molecule has 28 heavy (non-hydrogen) atoms. The van der Waals surface area contributed by atoms with Gasteiger partial charge >= 0.3 is 0 Å². The summed E-state index contributed by atoms with van der Waals surface area (Å²) in [5.41, 5.74) is 1.93. The largest absolute Gasteiger partial charge is 0.451 e. The van der Waals surface area contributed by atoms with Crippen LogP contribution >= 0.6 is 0 Å². The molecule has 0 aliphatic heterocycles. The van der Waals surface area contributed by atoms with Crippen molar-refractivity contribution in [2.75, 3.05) is 6.54 Å². The number of amides is 2. The normalized spacial score (nSPS) is 24.8. The van der Waals surface area contributed by atoms with E-state index in [2.05, 4.69) is 16.7 Å². The highest BCUT2D eigenvalue weighted by Gasteiger charge is 2.38. The Morgan fingerprint density at radius 1 is 1.18 bits per heavy atom. The van der Waals surface area contributed by atoms with Crippen LogP contribution in [0.25, 0.3) is 11.0 Å². The first-order chi connectivity index (χ1) is 13.6. The van der Waals surface area contributed by atoms with Gasteiger partial charge in [0.25, 0.3) is 5.91 Å². The van der Waals surface area contributed by atoms with Gasteiger partial charge in [0.2, 0.25) is 5.91 Å². The van der Waals surface area contributed by atoms with Crippen LogP contribution in [0.1, 0.15) is 49.1 Å². The Morgan fingerprint density at radius 2 is 2.04 bits per heavy atom. The highest BCUT2D eigenvalue weighted by Crippen LogP contribution is 2.27. The van der Waals surface area contributed by atoms with Gasteiger partial charge in [-0.25, -0.2) is 0 Å². The fraction of sp³-hybridized carbons (Fsp3) is 0.455. The summed E-state index contributed by atoms with van der Waals surface area (Å²) in [6.45, 7) is 0.585. The summed E-state index contributed by atoms with van der Waals surface area (Å²) in [7, 11) is 0. The van der Waals surface area contributed by atoms with E-state index in [0.717, 1.165) is 18.2 Å². The molecule has 0 radical (unpaired) electrons. The Hall–Kier alpha value is -2.60. The van der Waals surface area contributed by atoms with Crippen LogP contribution in [-0.4, -0.2) is 35.6 Å². The molecular weight excluding hydrogens is 356 g/mol. The van der Waals surface area contributed by atoms with Gasteiger partial charge in [-0.15, -0.1) is 0 Å². The Bertz CT molecular complexity index is 868. The summed E-state index contributed by atoms with van der Waals surface area (Å²) in [5, 5.41) is 17.0. The molecule has 3 N–H and O–H groups in total. The maximum Gasteiger partial charge on any atom is 0.287 e. The molecule has 2 aliphatic carbocycles. The average Bonchev–Trinajstić information content (AvgIpc) is 3.31. The van der Waals surface area contributed by atoms with E-state index >= 15 is 0 Å². The van der Waals surface area contributed by atoms with Gasteiger partial charge in [0.1, 0.15) is 5.58 Å². The molecule has 2 aliphatic rings. The fourth-order valence-electron chi connectivity index (χ4n) is 4.13. The van der Waals surface area contributed by atoms with Gasteiger partial charge in [-0.1, -0.05) is 29.8 Å². The van der Waals surface area contributed by atoms with E-state index in [-0.39, 0.29) is 23.5 Å². The van der Waals surface area contributed by atoms with Crippen molar-refractivity contribution < 1.29 is 19.1 Å². The number of furan rings is 1. The number of nitrogens with one attached hydrogen (secondary N) is 2. The summed E-state index contributed by atoms with van der Waals surface area (Å²) >= 11 is 0. The lowest BCUT2D eigenvalue weighted by Gasteiger charge is -2.16. The lowest BCUT2D eigenvalue weighted by Crippen LogP contribution is -2.40. The van der Waals surface area contributed by atoms with Crippen molar-refractivity contribution in [3.63, 3.8) is 0 Å². The van der Waals surface area contributed by atoms with Crippen LogP contribution in [0.3, 0.4) is 0 Å². The quantitative estimate of drug-likeness (QED) is 0.694. The van der Waals surface area contributed by atoms with Crippen molar-refractivity contribution >= 4 is 22.8 Å². The minimum absolute atomic E-state index is 0.0500. The van der Waals surface area contributed by atoms with Crippen LogP contribution in [0.5, 0.6) is 0 Å². The van der Waals surface area contributed by atoms with Crippen molar-refractivity contribution in [3.05, 3.63) is 47.7 Å². The molecule has 1 fully saturated rings. The van der Waals surface area contributed by atoms with Gasteiger partial charge < -0.3 is 20.2 Å². The van der Waals surface area contributed by atoms with Crippen LogP contribution in [0, 0.1) is 5.92 Å². The molecule has 0 bridgehead atoms. The van der Waals surface area contributed by atoms with Gasteiger partial charge in [-0.05, 0) is 50.7 Å². The van der Waals surface area contributed by atoms with E-state index in [4.69, 9.17) is 4.42 Å². The van der Waals surface area contributed by atoms with E-state index in [1.165, 1.54) is 18.4 Å². The molecule has 0 saturated heterocycles. The van der Waals surface area contributed by atoms with Crippen molar-refractivity contribution in [2.45, 2.75) is 50.7 Å². The standard InChI is InChI=1S/C22H26N2O4/c25-18-11-16(21(26)23-13-14-6-2-1-3-7-14)10-17(18)24-22(27)20-12-15-8-4-5-9-19(15)28-20/h4-6,8-9,12,16-18,25H,1-3,7,10-11,13H2,(H,23,26)(H,24,27)/t16-,17+,18+/m0/s1. The molecule has 1 aromatic carbocycles. The first-order valence-electron chi connectivity index (χ1n) is 10.0. The smallest absolute Gasteiger partial charge is 0.287 e. The number of carbonyl (C=O) groups excluding carboxylic acids is 2. The monoisotopic (exact) mass is 382 g/mol. The molecule has 6 heteroatoms. The minimum atomic E-state index is -0.738. The molecule has 0 unspecified atom stereocenters. The third-order valence-corrected chi connectivity index (χ3v) is 5.74. The number of hydrogen-bond acceptors (Lipinski definition) is 4. The lowest BCUT2D eigenvalue weighted by atomic mass is 9.99. The zero-order chi connectivity index (χ0) is 19.5. The first-order valence-corrected chi connectivity index (χ1v) is 10.0. The van der Waals surface area contributed by atoms with E-state index in [1.54, 1.807) is 12.1 Å². The molecule has 0 spiro atoms. The van der Waals surface area contributed by atoms with Crippen molar-refractivity contribution in [2.24, 2.45) is 5.92 Å². The lowest BCUT2D eigenvalue weighted by molar-refractivity contribution is -0.124. The number of aliphatic hydroxyl groups excluding tert-OH is 1. The molecule has 6 nitrogen and oxygen atoms in total. The maximum atomic E-state index is 12.5. The number of benzene rings is 1. The van der Waals surface area contributed by atoms with Gasteiger partial charge in [-0.3, -0.25) is 9.59 Å². The topological polar surface area (TPSA) is 91.6 Å². The summed E-state index contributed by atoms with van der Waals surface area (Å²) in [6.07, 6.45) is 6.79. The third-order valence-electron chi connectivity index (χ3n) is 5.74. The second-order valence-electron chi connectivity index (χ2n) is 7.79. The highest BCUT2D eigenvalue weighted by atomic mass is 16.3. The maximum absolute atomic E-state index is 12.5. The van der Waals surface area contributed by atoms with Crippen molar-refractivity contribution in [1.82, 2.24) is 10.6 Å². The number of fused-ring (bicyclic) bond motifs is 1. The number of carbonyl (C=O) groups is 2. The molecule has 3 atom stereocenters.